The predicted octanol–water partition coefficient (Wildman–Crippen LogP) is 0.432. The molecular weight excluding hydrogens is 376 g/mol. The van der Waals surface area contributed by atoms with Gasteiger partial charge < -0.3 is 24.0 Å². The van der Waals surface area contributed by atoms with E-state index in [1.807, 2.05) is 30.3 Å². The first-order valence-electron chi connectivity index (χ1n) is 9.54. The fourth-order valence-corrected chi connectivity index (χ4v) is 4.05. The monoisotopic (exact) mass is 397 g/mol. The first-order chi connectivity index (χ1) is 14.0. The lowest BCUT2D eigenvalue weighted by atomic mass is 9.96. The molecule has 0 saturated carbocycles. The van der Waals surface area contributed by atoms with Gasteiger partial charge in [0.1, 0.15) is 5.72 Å². The zero-order valence-electron chi connectivity index (χ0n) is 15.8. The van der Waals surface area contributed by atoms with Crippen LogP contribution in [0.2, 0.25) is 0 Å². The van der Waals surface area contributed by atoms with E-state index in [-0.39, 0.29) is 18.3 Å². The van der Waals surface area contributed by atoms with E-state index in [1.54, 1.807) is 11.0 Å². The minimum atomic E-state index is -1.37. The highest BCUT2D eigenvalue weighted by atomic mass is 16.5. The number of hydrogen-bond donors (Lipinski definition) is 0. The normalized spacial score (nSPS) is 20.8. The summed E-state index contributed by atoms with van der Waals surface area (Å²) in [4.78, 5) is 40.1. The van der Waals surface area contributed by atoms with Crippen molar-refractivity contribution in [2.45, 2.75) is 31.0 Å². The Morgan fingerprint density at radius 2 is 1.79 bits per heavy atom. The van der Waals surface area contributed by atoms with Gasteiger partial charge in [-0.15, -0.1) is 0 Å². The van der Waals surface area contributed by atoms with E-state index in [1.165, 1.54) is 17.2 Å². The summed E-state index contributed by atoms with van der Waals surface area (Å²) in [5, 5.41) is 11.6. The van der Waals surface area contributed by atoms with Gasteiger partial charge >= 0.3 is 0 Å². The van der Waals surface area contributed by atoms with Crippen molar-refractivity contribution in [2.24, 2.45) is 0 Å². The lowest BCUT2D eigenvalue weighted by Gasteiger charge is -2.44. The standard InChI is InChI=1S/C21H22N2O6/c24-18(13-15-5-2-1-3-6-15)22-10-8-21(9-11-22)23(16(14-29-21)20(26)27)19(25)17-7-4-12-28-17/h1-7,12,16H,8-11,13-14H2,(H,26,27)/p-1/t16-/m1/s1. The zero-order chi connectivity index (χ0) is 20.4. The molecule has 2 saturated heterocycles. The lowest BCUT2D eigenvalue weighted by Crippen LogP contribution is -2.60. The number of ether oxygens (including phenoxy) is 1. The van der Waals surface area contributed by atoms with E-state index in [2.05, 4.69) is 0 Å². The van der Waals surface area contributed by atoms with Crippen LogP contribution in [0.25, 0.3) is 0 Å². The van der Waals surface area contributed by atoms with Crippen molar-refractivity contribution in [3.63, 3.8) is 0 Å². The third-order valence-electron chi connectivity index (χ3n) is 5.58. The topological polar surface area (TPSA) is 103 Å². The second-order valence-corrected chi connectivity index (χ2v) is 7.29. The van der Waals surface area contributed by atoms with Crippen LogP contribution >= 0.6 is 0 Å². The number of hydrogen-bond acceptors (Lipinski definition) is 6. The van der Waals surface area contributed by atoms with Crippen molar-refractivity contribution in [1.29, 1.82) is 0 Å². The van der Waals surface area contributed by atoms with Crippen LogP contribution in [0.15, 0.2) is 53.1 Å². The number of piperidine rings is 1. The molecule has 0 unspecified atom stereocenters. The summed E-state index contributed by atoms with van der Waals surface area (Å²) < 4.78 is 11.0. The van der Waals surface area contributed by atoms with Crippen molar-refractivity contribution in [1.82, 2.24) is 9.80 Å². The highest BCUT2D eigenvalue weighted by Gasteiger charge is 2.53. The minimum absolute atomic E-state index is 0.00981. The number of carboxylic acids is 1. The number of nitrogens with zero attached hydrogens (tertiary/aromatic N) is 2. The number of furan rings is 1. The maximum atomic E-state index is 12.9. The smallest absolute Gasteiger partial charge is 0.292 e. The van der Waals surface area contributed by atoms with Gasteiger partial charge in [0.15, 0.2) is 5.76 Å². The SMILES string of the molecule is O=C([O-])[C@H]1COC2(CCN(C(=O)Cc3ccccc3)CC2)N1C(=O)c1ccco1. The molecule has 0 N–H and O–H groups in total. The highest BCUT2D eigenvalue weighted by molar-refractivity contribution is 5.95. The third kappa shape index (κ3) is 3.63. The molecule has 1 atom stereocenters. The van der Waals surface area contributed by atoms with Gasteiger partial charge in [-0.2, -0.15) is 0 Å². The van der Waals surface area contributed by atoms with Gasteiger partial charge in [-0.1, -0.05) is 30.3 Å². The fourth-order valence-electron chi connectivity index (χ4n) is 4.05. The number of likely N-dealkylation sites (tertiary alicyclic amines) is 1. The molecule has 1 aromatic carbocycles. The molecule has 3 heterocycles. The first-order valence-corrected chi connectivity index (χ1v) is 9.54. The molecule has 8 heteroatoms. The summed E-state index contributed by atoms with van der Waals surface area (Å²) in [6.45, 7) is 0.591. The molecule has 4 rings (SSSR count). The summed E-state index contributed by atoms with van der Waals surface area (Å²) in [7, 11) is 0. The molecule has 1 spiro atoms. The molecule has 2 aliphatic rings. The second kappa shape index (κ2) is 7.71. The Morgan fingerprint density at radius 3 is 2.41 bits per heavy atom. The Bertz CT molecular complexity index is 887. The van der Waals surface area contributed by atoms with Crippen LogP contribution in [0.5, 0.6) is 0 Å². The summed E-state index contributed by atoms with van der Waals surface area (Å²) in [6, 6.07) is 11.3. The summed E-state index contributed by atoms with van der Waals surface area (Å²) in [5.74, 6) is -1.89. The van der Waals surface area contributed by atoms with E-state index in [0.29, 0.717) is 32.4 Å². The summed E-state index contributed by atoms with van der Waals surface area (Å²) >= 11 is 0. The first kappa shape index (κ1) is 19.2. The van der Waals surface area contributed by atoms with Crippen molar-refractivity contribution >= 4 is 17.8 Å². The highest BCUT2D eigenvalue weighted by Crippen LogP contribution is 2.38. The quantitative estimate of drug-likeness (QED) is 0.741. The molecule has 8 nitrogen and oxygen atoms in total. The Morgan fingerprint density at radius 1 is 1.07 bits per heavy atom. The molecule has 1 aromatic heterocycles. The number of carbonyl (C=O) groups excluding carboxylic acids is 3. The molecule has 2 aromatic rings. The number of aliphatic carboxylic acids is 1. The Kier molecular flexibility index (Phi) is 5.10. The molecule has 2 aliphatic heterocycles. The van der Waals surface area contributed by atoms with Crippen LogP contribution in [0, 0.1) is 0 Å². The van der Waals surface area contributed by atoms with E-state index < -0.39 is 23.6 Å². The molecule has 152 valence electrons. The molecule has 2 fully saturated rings. The van der Waals surface area contributed by atoms with Crippen LogP contribution in [0.4, 0.5) is 0 Å². The second-order valence-electron chi connectivity index (χ2n) is 7.29. The Balaban J connectivity index is 1.48. The van der Waals surface area contributed by atoms with Gasteiger partial charge in [-0.05, 0) is 17.7 Å². The van der Waals surface area contributed by atoms with Gasteiger partial charge in [-0.3, -0.25) is 14.5 Å². The zero-order valence-corrected chi connectivity index (χ0v) is 15.8. The summed E-state index contributed by atoms with van der Waals surface area (Å²) in [6.07, 6.45) is 2.30. The van der Waals surface area contributed by atoms with Crippen LogP contribution in [0.1, 0.15) is 29.0 Å². The number of amides is 2. The number of carbonyl (C=O) groups is 3. The average Bonchev–Trinajstić information content (AvgIpc) is 3.38. The largest absolute Gasteiger partial charge is 0.548 e. The third-order valence-corrected chi connectivity index (χ3v) is 5.58. The molecule has 2 amide bonds. The average molecular weight is 397 g/mol. The molecular formula is C21H21N2O6-. The molecule has 0 radical (unpaired) electrons. The van der Waals surface area contributed by atoms with E-state index in [0.717, 1.165) is 5.56 Å². The molecule has 29 heavy (non-hydrogen) atoms. The Hall–Kier alpha value is -3.13. The number of rotatable bonds is 4. The Labute approximate surface area is 167 Å². The van der Waals surface area contributed by atoms with Crippen molar-refractivity contribution in [2.75, 3.05) is 19.7 Å². The lowest BCUT2D eigenvalue weighted by molar-refractivity contribution is -0.310. The number of carboxylic acid groups (broad SMARTS) is 1. The van der Waals surface area contributed by atoms with Crippen LogP contribution in [-0.2, 0) is 20.7 Å². The van der Waals surface area contributed by atoms with Gasteiger partial charge in [0, 0.05) is 25.9 Å². The van der Waals surface area contributed by atoms with Gasteiger partial charge in [-0.25, -0.2) is 0 Å². The van der Waals surface area contributed by atoms with E-state index in [9.17, 15) is 19.5 Å². The van der Waals surface area contributed by atoms with Crippen LogP contribution < -0.4 is 5.11 Å². The van der Waals surface area contributed by atoms with Crippen molar-refractivity contribution in [3.8, 4) is 0 Å². The predicted molar refractivity (Wildman–Crippen MR) is 98.3 cm³/mol. The molecule has 0 aliphatic carbocycles. The van der Waals surface area contributed by atoms with Gasteiger partial charge in [0.05, 0.1) is 31.3 Å². The van der Waals surface area contributed by atoms with Gasteiger partial charge in [0.2, 0.25) is 5.91 Å². The molecule has 0 bridgehead atoms. The van der Waals surface area contributed by atoms with Crippen LogP contribution in [-0.4, -0.2) is 59.0 Å². The van der Waals surface area contributed by atoms with Gasteiger partial charge in [0.25, 0.3) is 5.91 Å². The van der Waals surface area contributed by atoms with E-state index >= 15 is 0 Å². The summed E-state index contributed by atoms with van der Waals surface area (Å²) in [5.41, 5.74) is -0.153. The van der Waals surface area contributed by atoms with Crippen molar-refractivity contribution in [3.05, 3.63) is 60.1 Å². The van der Waals surface area contributed by atoms with Crippen molar-refractivity contribution < 1.29 is 28.6 Å². The van der Waals surface area contributed by atoms with Crippen LogP contribution in [0.3, 0.4) is 0 Å². The minimum Gasteiger partial charge on any atom is -0.548 e. The maximum absolute atomic E-state index is 12.9. The number of benzene rings is 1. The maximum Gasteiger partial charge on any atom is 0.292 e. The fraction of sp³-hybridized carbons (Fsp3) is 0.381. The van der Waals surface area contributed by atoms with E-state index in [4.69, 9.17) is 9.15 Å².